The zero-order chi connectivity index (χ0) is 8.69. The van der Waals surface area contributed by atoms with Crippen LogP contribution in [-0.2, 0) is 9.59 Å². The van der Waals surface area contributed by atoms with Gasteiger partial charge in [-0.2, -0.15) is 0 Å². The third kappa shape index (κ3) is 6.97. The van der Waals surface area contributed by atoms with Gasteiger partial charge in [0.2, 0.25) is 0 Å². The fourth-order valence-electron chi connectivity index (χ4n) is 0.648. The van der Waals surface area contributed by atoms with Gasteiger partial charge in [0.25, 0.3) is 0 Å². The van der Waals surface area contributed by atoms with Crippen molar-refractivity contribution in [3.8, 4) is 0 Å². The van der Waals surface area contributed by atoms with Crippen LogP contribution in [0.15, 0.2) is 12.2 Å². The molecule has 0 aliphatic rings. The van der Waals surface area contributed by atoms with Crippen molar-refractivity contribution >= 4 is 12.1 Å². The van der Waals surface area contributed by atoms with E-state index < -0.39 is 0 Å². The Labute approximate surface area is 67.3 Å². The monoisotopic (exact) mass is 154 g/mol. The van der Waals surface area contributed by atoms with E-state index in [9.17, 15) is 9.59 Å². The summed E-state index contributed by atoms with van der Waals surface area (Å²) >= 11 is 0. The van der Waals surface area contributed by atoms with Crippen LogP contribution in [0.1, 0.15) is 26.7 Å². The number of Topliss-reactive ketones (excluding diaryl/α,β-unsaturated/α-hetero) is 1. The largest absolute Gasteiger partial charge is 0.303 e. The zero-order valence-electron chi connectivity index (χ0n) is 7.04. The number of carbonyl (C=O) groups is 2. The number of hydrogen-bond acceptors (Lipinski definition) is 2. The smallest absolute Gasteiger partial charge is 0.143 e. The SMILES string of the molecule is CC(C)C=CCC(=O)CC=O. The molecule has 0 aromatic carbocycles. The van der Waals surface area contributed by atoms with Crippen LogP contribution in [0.3, 0.4) is 0 Å². The van der Waals surface area contributed by atoms with Crippen LogP contribution in [0.4, 0.5) is 0 Å². The Bertz CT molecular complexity index is 157. The molecule has 0 saturated carbocycles. The second-order valence-electron chi connectivity index (χ2n) is 2.79. The molecule has 0 unspecified atom stereocenters. The Balaban J connectivity index is 3.52. The minimum Gasteiger partial charge on any atom is -0.303 e. The Morgan fingerprint density at radius 1 is 1.36 bits per heavy atom. The molecule has 0 aromatic rings. The van der Waals surface area contributed by atoms with E-state index in [1.807, 2.05) is 26.0 Å². The van der Waals surface area contributed by atoms with Gasteiger partial charge < -0.3 is 4.79 Å². The third-order valence-electron chi connectivity index (χ3n) is 1.18. The van der Waals surface area contributed by atoms with Crippen molar-refractivity contribution in [2.45, 2.75) is 26.7 Å². The van der Waals surface area contributed by atoms with Crippen molar-refractivity contribution in [1.82, 2.24) is 0 Å². The topological polar surface area (TPSA) is 34.1 Å². The lowest BCUT2D eigenvalue weighted by molar-refractivity contribution is -0.121. The van der Waals surface area contributed by atoms with Crippen LogP contribution in [0.2, 0.25) is 0 Å². The first-order valence-electron chi connectivity index (χ1n) is 3.78. The van der Waals surface area contributed by atoms with E-state index in [1.54, 1.807) is 0 Å². The summed E-state index contributed by atoms with van der Waals surface area (Å²) in [6.45, 7) is 4.08. The van der Waals surface area contributed by atoms with Crippen molar-refractivity contribution in [3.05, 3.63) is 12.2 Å². The van der Waals surface area contributed by atoms with Gasteiger partial charge in [-0.25, -0.2) is 0 Å². The van der Waals surface area contributed by atoms with E-state index in [-0.39, 0.29) is 12.2 Å². The number of hydrogen-bond donors (Lipinski definition) is 0. The van der Waals surface area contributed by atoms with Gasteiger partial charge in [0.15, 0.2) is 0 Å². The van der Waals surface area contributed by atoms with Crippen LogP contribution in [0, 0.1) is 5.92 Å². The molecule has 0 saturated heterocycles. The van der Waals surface area contributed by atoms with Crippen molar-refractivity contribution in [2.75, 3.05) is 0 Å². The van der Waals surface area contributed by atoms with Gasteiger partial charge in [-0.15, -0.1) is 0 Å². The Morgan fingerprint density at radius 2 is 2.00 bits per heavy atom. The van der Waals surface area contributed by atoms with Crippen molar-refractivity contribution < 1.29 is 9.59 Å². The molecule has 0 N–H and O–H groups in total. The fourth-order valence-corrected chi connectivity index (χ4v) is 0.648. The summed E-state index contributed by atoms with van der Waals surface area (Å²) in [4.78, 5) is 20.6. The molecule has 0 amide bonds. The average Bonchev–Trinajstić information content (AvgIpc) is 1.87. The summed E-state index contributed by atoms with van der Waals surface area (Å²) in [5.41, 5.74) is 0. The molecule has 0 heterocycles. The number of rotatable bonds is 5. The van der Waals surface area contributed by atoms with Gasteiger partial charge in [0.1, 0.15) is 12.1 Å². The average molecular weight is 154 g/mol. The summed E-state index contributed by atoms with van der Waals surface area (Å²) in [5, 5.41) is 0. The maximum absolute atomic E-state index is 10.7. The molecule has 0 aromatic heterocycles. The number of carbonyl (C=O) groups excluding carboxylic acids is 2. The summed E-state index contributed by atoms with van der Waals surface area (Å²) in [5.74, 6) is 0.455. The van der Waals surface area contributed by atoms with Gasteiger partial charge >= 0.3 is 0 Å². The first-order chi connectivity index (χ1) is 5.16. The van der Waals surface area contributed by atoms with Gasteiger partial charge in [0.05, 0.1) is 6.42 Å². The number of ketones is 1. The van der Waals surface area contributed by atoms with E-state index in [0.29, 0.717) is 18.6 Å². The van der Waals surface area contributed by atoms with Crippen LogP contribution in [-0.4, -0.2) is 12.1 Å². The van der Waals surface area contributed by atoms with Gasteiger partial charge in [-0.3, -0.25) is 4.79 Å². The highest BCUT2D eigenvalue weighted by Gasteiger charge is 1.95. The zero-order valence-corrected chi connectivity index (χ0v) is 7.04. The number of aldehydes is 1. The van der Waals surface area contributed by atoms with E-state index in [2.05, 4.69) is 0 Å². The lowest BCUT2D eigenvalue weighted by atomic mass is 10.1. The molecule has 2 heteroatoms. The molecular formula is C9H14O2. The molecule has 0 atom stereocenters. The third-order valence-corrected chi connectivity index (χ3v) is 1.18. The molecule has 0 aliphatic carbocycles. The highest BCUT2D eigenvalue weighted by molar-refractivity contribution is 5.90. The van der Waals surface area contributed by atoms with Gasteiger partial charge in [-0.05, 0) is 5.92 Å². The minimum absolute atomic E-state index is 0.0168. The predicted molar refractivity (Wildman–Crippen MR) is 44.3 cm³/mol. The standard InChI is InChI=1S/C9H14O2/c1-8(2)4-3-5-9(11)6-7-10/h3-4,7-8H,5-6H2,1-2H3. The first kappa shape index (κ1) is 10.1. The summed E-state index contributed by atoms with van der Waals surface area (Å²) < 4.78 is 0. The van der Waals surface area contributed by atoms with Crippen LogP contribution in [0.25, 0.3) is 0 Å². The molecule has 0 bridgehead atoms. The van der Waals surface area contributed by atoms with E-state index in [0.717, 1.165) is 0 Å². The summed E-state index contributed by atoms with van der Waals surface area (Å²) in [7, 11) is 0. The molecule has 11 heavy (non-hydrogen) atoms. The van der Waals surface area contributed by atoms with E-state index in [4.69, 9.17) is 0 Å². The second-order valence-corrected chi connectivity index (χ2v) is 2.79. The molecule has 2 nitrogen and oxygen atoms in total. The Hall–Kier alpha value is -0.920. The molecule has 0 radical (unpaired) electrons. The second kappa shape index (κ2) is 5.83. The maximum Gasteiger partial charge on any atom is 0.143 e. The lowest BCUT2D eigenvalue weighted by Gasteiger charge is -1.92. The molecule has 0 rings (SSSR count). The molecular weight excluding hydrogens is 140 g/mol. The quantitative estimate of drug-likeness (QED) is 0.343. The molecule has 62 valence electrons. The van der Waals surface area contributed by atoms with Crippen molar-refractivity contribution in [1.29, 1.82) is 0 Å². The van der Waals surface area contributed by atoms with Gasteiger partial charge in [-0.1, -0.05) is 26.0 Å². The lowest BCUT2D eigenvalue weighted by Crippen LogP contribution is -1.95. The van der Waals surface area contributed by atoms with E-state index in [1.165, 1.54) is 0 Å². The molecule has 0 spiro atoms. The highest BCUT2D eigenvalue weighted by atomic mass is 16.1. The normalized spacial score (nSPS) is 10.8. The van der Waals surface area contributed by atoms with Crippen molar-refractivity contribution in [3.63, 3.8) is 0 Å². The predicted octanol–water partition coefficient (Wildman–Crippen LogP) is 1.75. The minimum atomic E-state index is -0.0168. The van der Waals surface area contributed by atoms with E-state index >= 15 is 0 Å². The highest BCUT2D eigenvalue weighted by Crippen LogP contribution is 1.96. The van der Waals surface area contributed by atoms with Crippen LogP contribution >= 0.6 is 0 Å². The van der Waals surface area contributed by atoms with Gasteiger partial charge in [0, 0.05) is 6.42 Å². The Morgan fingerprint density at radius 3 is 2.45 bits per heavy atom. The summed E-state index contributed by atoms with van der Waals surface area (Å²) in [6.07, 6.45) is 4.85. The Kier molecular flexibility index (Phi) is 5.35. The molecule has 0 fully saturated rings. The first-order valence-corrected chi connectivity index (χ1v) is 3.78. The van der Waals surface area contributed by atoms with Crippen LogP contribution < -0.4 is 0 Å². The summed E-state index contributed by atoms with van der Waals surface area (Å²) in [6, 6.07) is 0. The number of allylic oxidation sites excluding steroid dienone is 2. The van der Waals surface area contributed by atoms with Crippen LogP contribution in [0.5, 0.6) is 0 Å². The molecule has 0 aliphatic heterocycles. The maximum atomic E-state index is 10.7. The van der Waals surface area contributed by atoms with Crippen molar-refractivity contribution in [2.24, 2.45) is 5.92 Å². The fraction of sp³-hybridized carbons (Fsp3) is 0.556.